The number of halogens is 2. The van der Waals surface area contributed by atoms with Gasteiger partial charge in [0.25, 0.3) is 5.91 Å². The minimum atomic E-state index is -0.700. The minimum absolute atomic E-state index is 0.0112. The number of benzene rings is 2. The summed E-state index contributed by atoms with van der Waals surface area (Å²) in [5.41, 5.74) is 1.67. The molecule has 1 atom stereocenters. The Bertz CT molecular complexity index is 917. The molecule has 0 radical (unpaired) electrons. The number of hydrogen-bond acceptors (Lipinski definition) is 4. The van der Waals surface area contributed by atoms with Crippen LogP contribution in [-0.4, -0.2) is 30.9 Å². The van der Waals surface area contributed by atoms with Crippen molar-refractivity contribution >= 4 is 40.8 Å². The van der Waals surface area contributed by atoms with Crippen LogP contribution in [0.5, 0.6) is 0 Å². The summed E-state index contributed by atoms with van der Waals surface area (Å²) in [5, 5.41) is 2.55. The topological polar surface area (TPSA) is 75.7 Å². The van der Waals surface area contributed by atoms with E-state index in [9.17, 15) is 18.8 Å². The number of nitrogens with zero attached hydrogens (tertiary/aromatic N) is 1. The monoisotopic (exact) mass is 404 g/mol. The van der Waals surface area contributed by atoms with Gasteiger partial charge in [-0.3, -0.25) is 14.4 Å². The SMILES string of the molecule is Cc1ccc(N2C[C@H](C(=O)OCC(=O)Nc3cc(Cl)ccc3F)CC2=O)cc1. The second-order valence-corrected chi connectivity index (χ2v) is 6.96. The van der Waals surface area contributed by atoms with Crippen LogP contribution < -0.4 is 10.2 Å². The number of nitrogens with one attached hydrogen (secondary N) is 1. The van der Waals surface area contributed by atoms with Gasteiger partial charge < -0.3 is 15.0 Å². The zero-order valence-corrected chi connectivity index (χ0v) is 15.8. The molecule has 0 spiro atoms. The zero-order valence-electron chi connectivity index (χ0n) is 15.1. The fraction of sp³-hybridized carbons (Fsp3) is 0.250. The fourth-order valence-electron chi connectivity index (χ4n) is 2.87. The lowest BCUT2D eigenvalue weighted by Gasteiger charge is -2.16. The van der Waals surface area contributed by atoms with Crippen molar-refractivity contribution in [2.45, 2.75) is 13.3 Å². The van der Waals surface area contributed by atoms with Gasteiger partial charge in [-0.1, -0.05) is 29.3 Å². The van der Waals surface area contributed by atoms with Crippen LogP contribution in [0.2, 0.25) is 5.02 Å². The maximum absolute atomic E-state index is 13.6. The van der Waals surface area contributed by atoms with Gasteiger partial charge in [-0.15, -0.1) is 0 Å². The van der Waals surface area contributed by atoms with E-state index < -0.39 is 30.2 Å². The third-order valence-corrected chi connectivity index (χ3v) is 4.59. The van der Waals surface area contributed by atoms with Gasteiger partial charge in [0.1, 0.15) is 5.82 Å². The van der Waals surface area contributed by atoms with Gasteiger partial charge in [0, 0.05) is 23.7 Å². The molecule has 1 saturated heterocycles. The van der Waals surface area contributed by atoms with E-state index in [4.69, 9.17) is 16.3 Å². The van der Waals surface area contributed by atoms with Crippen LogP contribution in [0.4, 0.5) is 15.8 Å². The maximum atomic E-state index is 13.6. The number of carbonyl (C=O) groups excluding carboxylic acids is 3. The second kappa shape index (κ2) is 8.39. The molecule has 0 aliphatic carbocycles. The minimum Gasteiger partial charge on any atom is -0.455 e. The standard InChI is InChI=1S/C20H18ClFN2O4/c1-12-2-5-15(6-3-12)24-10-13(8-19(24)26)20(27)28-11-18(25)23-17-9-14(21)4-7-16(17)22/h2-7,9,13H,8,10-11H2,1H3,(H,23,25)/t13-/m1/s1. The van der Waals surface area contributed by atoms with Crippen LogP contribution in [0, 0.1) is 18.7 Å². The lowest BCUT2D eigenvalue weighted by molar-refractivity contribution is -0.151. The molecule has 0 unspecified atom stereocenters. The Morgan fingerprint density at radius 3 is 2.68 bits per heavy atom. The number of rotatable bonds is 5. The Balaban J connectivity index is 1.53. The summed E-state index contributed by atoms with van der Waals surface area (Å²) in [5.74, 6) is -2.85. The first-order valence-electron chi connectivity index (χ1n) is 8.62. The molecule has 2 amide bonds. The molecule has 6 nitrogen and oxygen atoms in total. The first-order chi connectivity index (χ1) is 13.3. The Morgan fingerprint density at radius 1 is 1.25 bits per heavy atom. The lowest BCUT2D eigenvalue weighted by Crippen LogP contribution is -2.28. The summed E-state index contributed by atoms with van der Waals surface area (Å²) < 4.78 is 18.6. The Morgan fingerprint density at radius 2 is 1.96 bits per heavy atom. The summed E-state index contributed by atoms with van der Waals surface area (Å²) in [6.07, 6.45) is 0.0112. The first kappa shape index (κ1) is 19.8. The van der Waals surface area contributed by atoms with Crippen LogP contribution in [0.25, 0.3) is 0 Å². The van der Waals surface area contributed by atoms with E-state index in [1.54, 1.807) is 0 Å². The molecule has 0 bridgehead atoms. The van der Waals surface area contributed by atoms with Crippen LogP contribution in [0.3, 0.4) is 0 Å². The molecule has 0 aromatic heterocycles. The van der Waals surface area contributed by atoms with E-state index in [2.05, 4.69) is 5.32 Å². The van der Waals surface area contributed by atoms with Gasteiger partial charge >= 0.3 is 5.97 Å². The summed E-state index contributed by atoms with van der Waals surface area (Å²) in [6, 6.07) is 11.1. The third kappa shape index (κ3) is 4.67. The van der Waals surface area contributed by atoms with Gasteiger partial charge in [0.15, 0.2) is 6.61 Å². The van der Waals surface area contributed by atoms with Crippen molar-refractivity contribution in [3.63, 3.8) is 0 Å². The van der Waals surface area contributed by atoms with Crippen LogP contribution >= 0.6 is 11.6 Å². The number of carbonyl (C=O) groups is 3. The molecule has 1 heterocycles. The number of amides is 2. The van der Waals surface area contributed by atoms with E-state index in [-0.39, 0.29) is 29.6 Å². The van der Waals surface area contributed by atoms with Crippen molar-refractivity contribution in [2.24, 2.45) is 5.92 Å². The maximum Gasteiger partial charge on any atom is 0.311 e. The van der Waals surface area contributed by atoms with Crippen molar-refractivity contribution in [3.8, 4) is 0 Å². The predicted molar refractivity (Wildman–Crippen MR) is 103 cm³/mol. The summed E-state index contributed by atoms with van der Waals surface area (Å²) in [6.45, 7) is 1.54. The summed E-state index contributed by atoms with van der Waals surface area (Å²) in [4.78, 5) is 37.9. The largest absolute Gasteiger partial charge is 0.455 e. The van der Waals surface area contributed by atoms with E-state index in [1.165, 1.54) is 17.0 Å². The number of ether oxygens (including phenoxy) is 1. The van der Waals surface area contributed by atoms with E-state index in [0.717, 1.165) is 11.6 Å². The normalized spacial score (nSPS) is 16.2. The summed E-state index contributed by atoms with van der Waals surface area (Å²) in [7, 11) is 0. The van der Waals surface area contributed by atoms with Crippen molar-refractivity contribution in [3.05, 3.63) is 58.9 Å². The molecule has 1 fully saturated rings. The Kier molecular flexibility index (Phi) is 5.94. The molecule has 146 valence electrons. The fourth-order valence-corrected chi connectivity index (χ4v) is 3.05. The van der Waals surface area contributed by atoms with Crippen molar-refractivity contribution in [1.29, 1.82) is 0 Å². The van der Waals surface area contributed by atoms with Crippen molar-refractivity contribution in [1.82, 2.24) is 0 Å². The lowest BCUT2D eigenvalue weighted by atomic mass is 10.1. The first-order valence-corrected chi connectivity index (χ1v) is 9.00. The molecule has 0 saturated carbocycles. The molecule has 3 rings (SSSR count). The zero-order chi connectivity index (χ0) is 20.3. The number of anilines is 2. The van der Waals surface area contributed by atoms with Gasteiger partial charge in [0.2, 0.25) is 5.91 Å². The molecule has 1 aliphatic heterocycles. The van der Waals surface area contributed by atoms with Crippen molar-refractivity contribution < 1.29 is 23.5 Å². The average Bonchev–Trinajstić information content (AvgIpc) is 3.05. The quantitative estimate of drug-likeness (QED) is 0.776. The van der Waals surface area contributed by atoms with Crippen LogP contribution in [0.15, 0.2) is 42.5 Å². The van der Waals surface area contributed by atoms with Gasteiger partial charge in [0.05, 0.1) is 11.6 Å². The van der Waals surface area contributed by atoms with E-state index in [1.807, 2.05) is 31.2 Å². The number of aryl methyl sites for hydroxylation is 1. The molecule has 8 heteroatoms. The van der Waals surface area contributed by atoms with Gasteiger partial charge in [-0.2, -0.15) is 0 Å². The van der Waals surface area contributed by atoms with E-state index >= 15 is 0 Å². The molecular formula is C20H18ClFN2O4. The third-order valence-electron chi connectivity index (χ3n) is 4.35. The predicted octanol–water partition coefficient (Wildman–Crippen LogP) is 3.32. The molecule has 1 aliphatic rings. The van der Waals surface area contributed by atoms with Gasteiger partial charge in [-0.25, -0.2) is 4.39 Å². The highest BCUT2D eigenvalue weighted by Gasteiger charge is 2.36. The van der Waals surface area contributed by atoms with Crippen LogP contribution in [0.1, 0.15) is 12.0 Å². The highest BCUT2D eigenvalue weighted by atomic mass is 35.5. The number of hydrogen-bond donors (Lipinski definition) is 1. The molecule has 2 aromatic carbocycles. The molecule has 2 aromatic rings. The molecular weight excluding hydrogens is 387 g/mol. The van der Waals surface area contributed by atoms with Gasteiger partial charge in [-0.05, 0) is 37.3 Å². The Labute approximate surface area is 166 Å². The van der Waals surface area contributed by atoms with Crippen LogP contribution in [-0.2, 0) is 19.1 Å². The highest BCUT2D eigenvalue weighted by molar-refractivity contribution is 6.30. The molecule has 28 heavy (non-hydrogen) atoms. The Hall–Kier alpha value is -2.93. The second-order valence-electron chi connectivity index (χ2n) is 6.52. The average molecular weight is 405 g/mol. The van der Waals surface area contributed by atoms with Crippen molar-refractivity contribution in [2.75, 3.05) is 23.4 Å². The highest BCUT2D eigenvalue weighted by Crippen LogP contribution is 2.26. The summed E-state index contributed by atoms with van der Waals surface area (Å²) >= 11 is 5.76. The smallest absolute Gasteiger partial charge is 0.311 e. The van der Waals surface area contributed by atoms with E-state index in [0.29, 0.717) is 5.69 Å². The number of esters is 1. The molecule has 1 N–H and O–H groups in total.